The Hall–Kier alpha value is -1.89. The van der Waals surface area contributed by atoms with Gasteiger partial charge in [0.25, 0.3) is 5.91 Å². The van der Waals surface area contributed by atoms with Crippen molar-refractivity contribution in [3.8, 4) is 0 Å². The summed E-state index contributed by atoms with van der Waals surface area (Å²) in [5.41, 5.74) is 2.21. The second kappa shape index (κ2) is 9.16. The normalized spacial score (nSPS) is 23.8. The summed E-state index contributed by atoms with van der Waals surface area (Å²) in [5, 5.41) is 2.51. The number of carbonyl (C=O) groups is 1. The van der Waals surface area contributed by atoms with Crippen LogP contribution < -0.4 is 4.90 Å². The first-order chi connectivity index (χ1) is 15.5. The van der Waals surface area contributed by atoms with Crippen LogP contribution in [0.3, 0.4) is 0 Å². The number of anilines is 1. The smallest absolute Gasteiger partial charge is 0.269 e. The monoisotopic (exact) mass is 483 g/mol. The number of halogens is 1. The summed E-state index contributed by atoms with van der Waals surface area (Å²) < 4.78 is 0. The van der Waals surface area contributed by atoms with E-state index in [4.69, 9.17) is 16.6 Å². The number of amidine groups is 1. The molecule has 4 nitrogen and oxygen atoms in total. The fourth-order valence-corrected chi connectivity index (χ4v) is 7.17. The quantitative estimate of drug-likeness (QED) is 0.437. The summed E-state index contributed by atoms with van der Waals surface area (Å²) >= 11 is 9.41. The van der Waals surface area contributed by atoms with E-state index in [9.17, 15) is 4.79 Å². The highest BCUT2D eigenvalue weighted by Crippen LogP contribution is 2.51. The van der Waals surface area contributed by atoms with Crippen LogP contribution >= 0.6 is 35.1 Å². The third-order valence-corrected chi connectivity index (χ3v) is 8.98. The van der Waals surface area contributed by atoms with Crippen LogP contribution in [0.4, 0.5) is 5.69 Å². The molecule has 2 aliphatic heterocycles. The van der Waals surface area contributed by atoms with Crippen LogP contribution in [0, 0.1) is 0 Å². The van der Waals surface area contributed by atoms with Crippen molar-refractivity contribution in [1.82, 2.24) is 4.90 Å². The Morgan fingerprint density at radius 1 is 1.06 bits per heavy atom. The van der Waals surface area contributed by atoms with Gasteiger partial charge in [-0.15, -0.1) is 0 Å². The highest BCUT2D eigenvalue weighted by molar-refractivity contribution is 8.19. The molecule has 32 heavy (non-hydrogen) atoms. The number of hydrogen-bond acceptors (Lipinski definition) is 5. The van der Waals surface area contributed by atoms with Crippen LogP contribution in [0.15, 0.2) is 68.4 Å². The molecule has 1 aliphatic carbocycles. The van der Waals surface area contributed by atoms with E-state index >= 15 is 0 Å². The predicted octanol–water partition coefficient (Wildman–Crippen LogP) is 7.08. The van der Waals surface area contributed by atoms with Gasteiger partial charge < -0.3 is 4.90 Å². The van der Waals surface area contributed by atoms with Gasteiger partial charge in [0, 0.05) is 23.0 Å². The molecule has 1 saturated carbocycles. The molecule has 2 aromatic rings. The average molecular weight is 484 g/mol. The van der Waals surface area contributed by atoms with E-state index in [-0.39, 0.29) is 18.0 Å². The van der Waals surface area contributed by atoms with Crippen molar-refractivity contribution >= 4 is 51.9 Å². The molecule has 166 valence electrons. The molecule has 1 atom stereocenters. The van der Waals surface area contributed by atoms with Crippen molar-refractivity contribution in [3.05, 3.63) is 69.1 Å². The van der Waals surface area contributed by atoms with Crippen LogP contribution in [-0.2, 0) is 4.79 Å². The molecule has 0 bridgehead atoms. The molecule has 0 radical (unpaired) electrons. The molecule has 3 aliphatic rings. The second-order valence-electron chi connectivity index (χ2n) is 8.47. The Bertz CT molecular complexity index is 1100. The molecule has 1 saturated heterocycles. The van der Waals surface area contributed by atoms with Crippen LogP contribution in [0.2, 0.25) is 5.02 Å². The highest BCUT2D eigenvalue weighted by Gasteiger charge is 2.42. The van der Waals surface area contributed by atoms with Crippen molar-refractivity contribution in [2.24, 2.45) is 4.99 Å². The lowest BCUT2D eigenvalue weighted by molar-refractivity contribution is -0.124. The lowest BCUT2D eigenvalue weighted by Crippen LogP contribution is -2.40. The maximum absolute atomic E-state index is 13.8. The molecule has 1 amide bonds. The summed E-state index contributed by atoms with van der Waals surface area (Å²) in [4.78, 5) is 24.8. The van der Waals surface area contributed by atoms with Gasteiger partial charge in [0.2, 0.25) is 0 Å². The minimum atomic E-state index is -0.00750. The minimum absolute atomic E-state index is 0.00750. The minimum Gasteiger partial charge on any atom is -0.337 e. The number of rotatable bonds is 3. The molecule has 5 rings (SSSR count). The van der Waals surface area contributed by atoms with Gasteiger partial charge in [-0.2, -0.15) is 0 Å². The third kappa shape index (κ3) is 4.09. The van der Waals surface area contributed by atoms with Gasteiger partial charge in [0.1, 0.15) is 4.91 Å². The van der Waals surface area contributed by atoms with Crippen LogP contribution in [-0.4, -0.2) is 29.1 Å². The maximum atomic E-state index is 13.8. The van der Waals surface area contributed by atoms with E-state index in [2.05, 4.69) is 24.0 Å². The predicted molar refractivity (Wildman–Crippen MR) is 136 cm³/mol. The van der Waals surface area contributed by atoms with Gasteiger partial charge in [-0.05, 0) is 55.3 Å². The van der Waals surface area contributed by atoms with Crippen LogP contribution in [0.25, 0.3) is 0 Å². The zero-order valence-electron chi connectivity index (χ0n) is 18.3. The molecule has 0 spiro atoms. The van der Waals surface area contributed by atoms with Gasteiger partial charge in [0.05, 0.1) is 16.8 Å². The first-order valence-electron chi connectivity index (χ1n) is 11.1. The van der Waals surface area contributed by atoms with Gasteiger partial charge >= 0.3 is 0 Å². The first-order valence-corrected chi connectivity index (χ1v) is 13.1. The average Bonchev–Trinajstić information content (AvgIpc) is 3.31. The third-order valence-electron chi connectivity index (χ3n) is 6.33. The molecular formula is C25H26ClN3OS2. The Labute approximate surface area is 203 Å². The molecular weight excluding hydrogens is 458 g/mol. The van der Waals surface area contributed by atoms with Gasteiger partial charge in [-0.25, -0.2) is 0 Å². The van der Waals surface area contributed by atoms with Crippen molar-refractivity contribution in [1.29, 1.82) is 0 Å². The Kier molecular flexibility index (Phi) is 6.28. The van der Waals surface area contributed by atoms with Gasteiger partial charge in [0.15, 0.2) is 5.17 Å². The van der Waals surface area contributed by atoms with Gasteiger partial charge in [-0.3, -0.25) is 14.7 Å². The van der Waals surface area contributed by atoms with Crippen LogP contribution in [0.5, 0.6) is 0 Å². The SMILES string of the molecule is C[C@@H](N=C1S/C(=C2\Sc3ccc(Cl)cc3N2C)C(=O)N1C1CCCCC1)c1ccccc1. The maximum Gasteiger partial charge on any atom is 0.269 e. The number of amides is 1. The van der Waals surface area contributed by atoms with Crippen LogP contribution in [0.1, 0.15) is 50.6 Å². The number of thioether (sulfide) groups is 2. The number of benzene rings is 2. The number of aliphatic imine (C=N–C) groups is 1. The summed E-state index contributed by atoms with van der Waals surface area (Å²) in [6, 6.07) is 16.4. The molecule has 7 heteroatoms. The van der Waals surface area contributed by atoms with E-state index in [1.165, 1.54) is 31.0 Å². The molecule has 2 heterocycles. The molecule has 0 unspecified atom stereocenters. The fourth-order valence-electron chi connectivity index (χ4n) is 4.56. The first kappa shape index (κ1) is 21.9. The zero-order chi connectivity index (χ0) is 22.2. The molecule has 0 aromatic heterocycles. The standard InChI is InChI=1S/C25H26ClN3OS2/c1-16(17-9-5-3-6-10-17)27-25-29(19-11-7-4-8-12-19)23(30)22(32-25)24-28(2)20-15-18(26)13-14-21(20)31-24/h3,5-6,9-10,13-16,19H,4,7-8,11-12H2,1-2H3/b24-22-,27-25?/t16-/m1/s1. The summed E-state index contributed by atoms with van der Waals surface area (Å²) in [7, 11) is 2.01. The molecule has 2 fully saturated rings. The number of hydrogen-bond donors (Lipinski definition) is 0. The van der Waals surface area contributed by atoms with Crippen molar-refractivity contribution in [2.75, 3.05) is 11.9 Å². The largest absolute Gasteiger partial charge is 0.337 e. The summed E-state index contributed by atoms with van der Waals surface area (Å²) in [5.74, 6) is 0.0918. The Balaban J connectivity index is 1.53. The zero-order valence-corrected chi connectivity index (χ0v) is 20.6. The van der Waals surface area contributed by atoms with E-state index in [0.29, 0.717) is 5.02 Å². The van der Waals surface area contributed by atoms with E-state index in [0.717, 1.165) is 44.1 Å². The lowest BCUT2D eigenvalue weighted by Gasteiger charge is -2.30. The van der Waals surface area contributed by atoms with Crippen molar-refractivity contribution in [2.45, 2.75) is 56.0 Å². The number of carbonyl (C=O) groups excluding carboxylic acids is 1. The number of nitrogens with zero attached hydrogens (tertiary/aromatic N) is 3. The Morgan fingerprint density at radius 2 is 1.81 bits per heavy atom. The molecule has 0 N–H and O–H groups in total. The lowest BCUT2D eigenvalue weighted by atomic mass is 9.94. The van der Waals surface area contributed by atoms with E-state index in [1.807, 2.05) is 48.3 Å². The van der Waals surface area contributed by atoms with E-state index in [1.54, 1.807) is 11.8 Å². The number of fused-ring (bicyclic) bond motifs is 1. The van der Waals surface area contributed by atoms with E-state index < -0.39 is 0 Å². The molecule has 2 aromatic carbocycles. The van der Waals surface area contributed by atoms with Crippen molar-refractivity contribution < 1.29 is 4.79 Å². The fraction of sp³-hybridized carbons (Fsp3) is 0.360. The Morgan fingerprint density at radius 3 is 2.56 bits per heavy atom. The summed E-state index contributed by atoms with van der Waals surface area (Å²) in [6.45, 7) is 2.10. The van der Waals surface area contributed by atoms with Gasteiger partial charge in [-0.1, -0.05) is 73.0 Å². The summed E-state index contributed by atoms with van der Waals surface area (Å²) in [6.07, 6.45) is 5.69. The highest BCUT2D eigenvalue weighted by atomic mass is 35.5. The second-order valence-corrected chi connectivity index (χ2v) is 10.9. The topological polar surface area (TPSA) is 35.9 Å². The van der Waals surface area contributed by atoms with Crippen molar-refractivity contribution in [3.63, 3.8) is 0 Å².